The fourth-order valence-corrected chi connectivity index (χ4v) is 3.61. The van der Waals surface area contributed by atoms with Crippen LogP contribution in [0.2, 0.25) is 0 Å². The Hall–Kier alpha value is -0.860. The van der Waals surface area contributed by atoms with Crippen LogP contribution in [0.4, 0.5) is 0 Å². The summed E-state index contributed by atoms with van der Waals surface area (Å²) >= 11 is 0. The van der Waals surface area contributed by atoms with Gasteiger partial charge in [-0.1, -0.05) is 43.7 Å². The highest BCUT2D eigenvalue weighted by Gasteiger charge is 2.30. The molecule has 0 amide bonds. The molecule has 1 aromatic rings. The van der Waals surface area contributed by atoms with Crippen LogP contribution in [0.25, 0.3) is 0 Å². The van der Waals surface area contributed by atoms with E-state index in [-0.39, 0.29) is 0 Å². The van der Waals surface area contributed by atoms with E-state index in [1.54, 1.807) is 0 Å². The first kappa shape index (κ1) is 16.5. The van der Waals surface area contributed by atoms with Crippen LogP contribution in [-0.4, -0.2) is 24.5 Å². The molecule has 2 N–H and O–H groups in total. The maximum absolute atomic E-state index is 6.38. The fourth-order valence-electron chi connectivity index (χ4n) is 3.61. The average Bonchev–Trinajstić information content (AvgIpc) is 2.43. The first-order chi connectivity index (χ1) is 9.95. The summed E-state index contributed by atoms with van der Waals surface area (Å²) in [7, 11) is 2.23. The van der Waals surface area contributed by atoms with E-state index >= 15 is 0 Å². The second kappa shape index (κ2) is 7.42. The number of nitrogens with zero attached hydrogens (tertiary/aromatic N) is 1. The second-order valence-electron chi connectivity index (χ2n) is 7.42. The van der Waals surface area contributed by atoms with E-state index in [9.17, 15) is 0 Å². The van der Waals surface area contributed by atoms with Crippen LogP contribution < -0.4 is 5.73 Å². The minimum atomic E-state index is 0.389. The van der Waals surface area contributed by atoms with Gasteiger partial charge in [-0.05, 0) is 56.6 Å². The van der Waals surface area contributed by atoms with Crippen LogP contribution >= 0.6 is 0 Å². The molecule has 0 aromatic heterocycles. The van der Waals surface area contributed by atoms with Crippen molar-refractivity contribution in [2.75, 3.05) is 13.6 Å². The van der Waals surface area contributed by atoms with Gasteiger partial charge in [0, 0.05) is 19.1 Å². The molecule has 21 heavy (non-hydrogen) atoms. The minimum absolute atomic E-state index is 0.389. The average molecular weight is 288 g/mol. The molecular weight excluding hydrogens is 256 g/mol. The summed E-state index contributed by atoms with van der Waals surface area (Å²) in [4.78, 5) is 2.44. The molecule has 0 saturated heterocycles. The third-order valence-electron chi connectivity index (χ3n) is 5.14. The first-order valence-corrected chi connectivity index (χ1v) is 8.45. The molecule has 1 aliphatic carbocycles. The Morgan fingerprint density at radius 2 is 1.86 bits per heavy atom. The second-order valence-corrected chi connectivity index (χ2v) is 7.42. The molecule has 0 heterocycles. The van der Waals surface area contributed by atoms with Gasteiger partial charge in [-0.3, -0.25) is 0 Å². The van der Waals surface area contributed by atoms with Gasteiger partial charge in [-0.2, -0.15) is 0 Å². The first-order valence-electron chi connectivity index (χ1n) is 8.45. The molecule has 0 aliphatic heterocycles. The topological polar surface area (TPSA) is 29.3 Å². The van der Waals surface area contributed by atoms with Gasteiger partial charge in [0.15, 0.2) is 0 Å². The quantitative estimate of drug-likeness (QED) is 0.892. The zero-order valence-electron chi connectivity index (χ0n) is 14.2. The highest BCUT2D eigenvalue weighted by Crippen LogP contribution is 2.33. The van der Waals surface area contributed by atoms with Crippen molar-refractivity contribution in [3.8, 4) is 0 Å². The molecule has 1 saturated carbocycles. The van der Waals surface area contributed by atoms with Gasteiger partial charge in [0.1, 0.15) is 0 Å². The van der Waals surface area contributed by atoms with Crippen LogP contribution in [0, 0.1) is 24.7 Å². The largest absolute Gasteiger partial charge is 0.327 e. The Kier molecular flexibility index (Phi) is 5.83. The molecule has 0 radical (unpaired) electrons. The van der Waals surface area contributed by atoms with E-state index in [4.69, 9.17) is 5.73 Å². The predicted octanol–water partition coefficient (Wildman–Crippen LogP) is 3.83. The Morgan fingerprint density at radius 3 is 2.48 bits per heavy atom. The Balaban J connectivity index is 1.88. The molecule has 1 aromatic carbocycles. The van der Waals surface area contributed by atoms with E-state index in [1.807, 2.05) is 0 Å². The molecule has 2 nitrogen and oxygen atoms in total. The molecule has 1 aliphatic rings. The third-order valence-corrected chi connectivity index (χ3v) is 5.14. The van der Waals surface area contributed by atoms with Crippen molar-refractivity contribution in [2.24, 2.45) is 23.5 Å². The van der Waals surface area contributed by atoms with Gasteiger partial charge < -0.3 is 10.6 Å². The van der Waals surface area contributed by atoms with Crippen LogP contribution in [0.1, 0.15) is 44.2 Å². The lowest BCUT2D eigenvalue weighted by atomic mass is 9.74. The standard InChI is InChI=1S/C19H32N2/c1-14(2)17-9-10-19(20)18(11-17)13-21(4)12-16-7-5-15(3)6-8-16/h5-8,14,17-19H,9-13,20H2,1-4H3. The fraction of sp³-hybridized carbons (Fsp3) is 0.684. The van der Waals surface area contributed by atoms with Crippen molar-refractivity contribution in [1.82, 2.24) is 4.90 Å². The minimum Gasteiger partial charge on any atom is -0.327 e. The summed E-state index contributed by atoms with van der Waals surface area (Å²) in [5, 5.41) is 0. The molecular formula is C19H32N2. The highest BCUT2D eigenvalue weighted by atomic mass is 15.1. The van der Waals surface area contributed by atoms with Gasteiger partial charge in [-0.15, -0.1) is 0 Å². The maximum Gasteiger partial charge on any atom is 0.0230 e. The van der Waals surface area contributed by atoms with Crippen LogP contribution in [0.5, 0.6) is 0 Å². The normalized spacial score (nSPS) is 26.5. The van der Waals surface area contributed by atoms with E-state index in [0.717, 1.165) is 24.9 Å². The van der Waals surface area contributed by atoms with Crippen molar-refractivity contribution >= 4 is 0 Å². The molecule has 2 heteroatoms. The number of hydrogen-bond acceptors (Lipinski definition) is 2. The van der Waals surface area contributed by atoms with Crippen molar-refractivity contribution in [2.45, 2.75) is 52.6 Å². The summed E-state index contributed by atoms with van der Waals surface area (Å²) in [5.74, 6) is 2.31. The molecule has 1 fully saturated rings. The lowest BCUT2D eigenvalue weighted by Gasteiger charge is -2.38. The van der Waals surface area contributed by atoms with E-state index in [2.05, 4.69) is 57.0 Å². The Bertz CT molecular complexity index is 424. The summed E-state index contributed by atoms with van der Waals surface area (Å²) in [6.45, 7) is 9.00. The summed E-state index contributed by atoms with van der Waals surface area (Å²) in [6.07, 6.45) is 3.82. The van der Waals surface area contributed by atoms with Crippen LogP contribution in [-0.2, 0) is 6.54 Å². The van der Waals surface area contributed by atoms with Crippen molar-refractivity contribution in [3.05, 3.63) is 35.4 Å². The van der Waals surface area contributed by atoms with Crippen molar-refractivity contribution in [1.29, 1.82) is 0 Å². The third kappa shape index (κ3) is 4.82. The maximum atomic E-state index is 6.38. The number of aryl methyl sites for hydroxylation is 1. The number of hydrogen-bond donors (Lipinski definition) is 1. The summed E-state index contributed by atoms with van der Waals surface area (Å²) < 4.78 is 0. The molecule has 0 spiro atoms. The predicted molar refractivity (Wildman–Crippen MR) is 91.2 cm³/mol. The number of nitrogens with two attached hydrogens (primary N) is 1. The smallest absolute Gasteiger partial charge is 0.0230 e. The molecule has 3 unspecified atom stereocenters. The Morgan fingerprint density at radius 1 is 1.19 bits per heavy atom. The number of rotatable bonds is 5. The van der Waals surface area contributed by atoms with Crippen molar-refractivity contribution < 1.29 is 0 Å². The highest BCUT2D eigenvalue weighted by molar-refractivity contribution is 5.21. The zero-order chi connectivity index (χ0) is 15.4. The van der Waals surface area contributed by atoms with E-state index in [1.165, 1.54) is 30.4 Å². The lowest BCUT2D eigenvalue weighted by molar-refractivity contribution is 0.147. The molecule has 0 bridgehead atoms. The van der Waals surface area contributed by atoms with E-state index in [0.29, 0.717) is 12.0 Å². The lowest BCUT2D eigenvalue weighted by Crippen LogP contribution is -2.42. The summed E-state index contributed by atoms with van der Waals surface area (Å²) in [5.41, 5.74) is 9.10. The van der Waals surface area contributed by atoms with Gasteiger partial charge in [0.2, 0.25) is 0 Å². The van der Waals surface area contributed by atoms with Gasteiger partial charge in [0.25, 0.3) is 0 Å². The van der Waals surface area contributed by atoms with Crippen LogP contribution in [0.3, 0.4) is 0 Å². The molecule has 3 atom stereocenters. The Labute approximate surface area is 130 Å². The number of benzene rings is 1. The van der Waals surface area contributed by atoms with Gasteiger partial charge in [-0.25, -0.2) is 0 Å². The monoisotopic (exact) mass is 288 g/mol. The summed E-state index contributed by atoms with van der Waals surface area (Å²) in [6, 6.07) is 9.27. The molecule has 118 valence electrons. The van der Waals surface area contributed by atoms with Gasteiger partial charge >= 0.3 is 0 Å². The zero-order valence-corrected chi connectivity index (χ0v) is 14.2. The SMILES string of the molecule is Cc1ccc(CN(C)CC2CC(C(C)C)CCC2N)cc1. The van der Waals surface area contributed by atoms with Crippen molar-refractivity contribution in [3.63, 3.8) is 0 Å². The molecule has 2 rings (SSSR count). The van der Waals surface area contributed by atoms with Crippen LogP contribution in [0.15, 0.2) is 24.3 Å². The van der Waals surface area contributed by atoms with E-state index < -0.39 is 0 Å². The van der Waals surface area contributed by atoms with Gasteiger partial charge in [0.05, 0.1) is 0 Å².